The molecule has 0 aliphatic carbocycles. The van der Waals surface area contributed by atoms with Crippen LogP contribution in [0.5, 0.6) is 11.5 Å². The van der Waals surface area contributed by atoms with Gasteiger partial charge in [-0.2, -0.15) is 0 Å². The molecule has 1 aliphatic heterocycles. The normalized spacial score (nSPS) is 14.7. The largest absolute Gasteiger partial charge is 0.504 e. The van der Waals surface area contributed by atoms with Crippen molar-refractivity contribution in [1.29, 1.82) is 0 Å². The van der Waals surface area contributed by atoms with Crippen LogP contribution in [0.4, 0.5) is 5.69 Å². The zero-order chi connectivity index (χ0) is 14.7. The van der Waals surface area contributed by atoms with Gasteiger partial charge in [-0.25, -0.2) is 0 Å². The molecule has 0 bridgehead atoms. The summed E-state index contributed by atoms with van der Waals surface area (Å²) in [6.45, 7) is 2.43. The Labute approximate surface area is 127 Å². The van der Waals surface area contributed by atoms with Gasteiger partial charge in [0.25, 0.3) is 0 Å². The number of hydrogen-bond donors (Lipinski definition) is 2. The molecule has 0 aromatic heterocycles. The van der Waals surface area contributed by atoms with Gasteiger partial charge in [0, 0.05) is 13.0 Å². The second-order valence-electron chi connectivity index (χ2n) is 4.81. The van der Waals surface area contributed by atoms with E-state index in [0.717, 1.165) is 32.0 Å². The first-order chi connectivity index (χ1) is 9.50. The van der Waals surface area contributed by atoms with Crippen molar-refractivity contribution >= 4 is 23.9 Å². The molecular formula is C13H17ClN2O5. The third-order valence-corrected chi connectivity index (χ3v) is 3.47. The quantitative estimate of drug-likeness (QED) is 0.373. The number of carbonyl (C=O) groups excluding carboxylic acids is 1. The van der Waals surface area contributed by atoms with Crippen LogP contribution in [-0.4, -0.2) is 45.5 Å². The van der Waals surface area contributed by atoms with Crippen molar-refractivity contribution in [3.05, 3.63) is 27.8 Å². The molecule has 0 atom stereocenters. The van der Waals surface area contributed by atoms with E-state index in [0.29, 0.717) is 6.54 Å². The first kappa shape index (κ1) is 17.2. The number of Topliss-reactive ketones (excluding diaryl/α,β-unsaturated/α-hetero) is 1. The number of phenols is 2. The van der Waals surface area contributed by atoms with Gasteiger partial charge in [0.15, 0.2) is 11.5 Å². The van der Waals surface area contributed by atoms with Crippen LogP contribution in [0, 0.1) is 10.1 Å². The summed E-state index contributed by atoms with van der Waals surface area (Å²) in [5.41, 5.74) is -0.888. The summed E-state index contributed by atoms with van der Waals surface area (Å²) in [6, 6.07) is 2.27. The number of phenolic OH excluding ortho intramolecular Hbond substituents is 2. The molecule has 21 heavy (non-hydrogen) atoms. The van der Waals surface area contributed by atoms with Crippen LogP contribution in [0.2, 0.25) is 0 Å². The van der Waals surface area contributed by atoms with Gasteiger partial charge >= 0.3 is 5.69 Å². The highest BCUT2D eigenvalue weighted by Crippen LogP contribution is 2.38. The molecule has 0 radical (unpaired) electrons. The van der Waals surface area contributed by atoms with E-state index >= 15 is 0 Å². The van der Waals surface area contributed by atoms with Crippen molar-refractivity contribution in [3.8, 4) is 11.5 Å². The second kappa shape index (κ2) is 7.24. The minimum atomic E-state index is -0.859. The fourth-order valence-corrected chi connectivity index (χ4v) is 2.38. The average Bonchev–Trinajstić information content (AvgIpc) is 2.91. The molecule has 0 spiro atoms. The van der Waals surface area contributed by atoms with Crippen LogP contribution in [0.1, 0.15) is 29.6 Å². The Kier molecular flexibility index (Phi) is 5.92. The van der Waals surface area contributed by atoms with E-state index in [1.165, 1.54) is 6.07 Å². The Morgan fingerprint density at radius 1 is 1.29 bits per heavy atom. The Balaban J connectivity index is 0.00000220. The van der Waals surface area contributed by atoms with Crippen LogP contribution in [0.25, 0.3) is 0 Å². The zero-order valence-corrected chi connectivity index (χ0v) is 12.1. The summed E-state index contributed by atoms with van der Waals surface area (Å²) in [7, 11) is 0. The number of aromatic hydroxyl groups is 2. The van der Waals surface area contributed by atoms with E-state index < -0.39 is 27.9 Å². The van der Waals surface area contributed by atoms with Crippen molar-refractivity contribution in [2.24, 2.45) is 0 Å². The molecule has 1 saturated heterocycles. The number of hydrogen-bond acceptors (Lipinski definition) is 6. The number of nitrogens with zero attached hydrogens (tertiary/aromatic N) is 2. The lowest BCUT2D eigenvalue weighted by Crippen LogP contribution is -2.22. The van der Waals surface area contributed by atoms with Gasteiger partial charge in [0.2, 0.25) is 5.75 Å². The van der Waals surface area contributed by atoms with Crippen molar-refractivity contribution in [2.75, 3.05) is 19.6 Å². The average molecular weight is 317 g/mol. The number of nitro groups is 1. The number of rotatable bonds is 5. The molecule has 116 valence electrons. The summed E-state index contributed by atoms with van der Waals surface area (Å²) < 4.78 is 0. The molecule has 0 amide bonds. The highest BCUT2D eigenvalue weighted by atomic mass is 35.5. The standard InChI is InChI=1S/C13H16N2O5.ClH/c16-10(5-8-14-6-1-2-7-14)9-3-4-11(17)13(18)12(9)15(19)20;/h3-4,17-18H,1-2,5-8H2;1H. The summed E-state index contributed by atoms with van der Waals surface area (Å²) >= 11 is 0. The number of nitro benzene ring substituents is 1. The molecule has 1 aromatic carbocycles. The summed E-state index contributed by atoms with van der Waals surface area (Å²) in [5.74, 6) is -1.87. The lowest BCUT2D eigenvalue weighted by atomic mass is 10.0. The van der Waals surface area contributed by atoms with E-state index in [4.69, 9.17) is 0 Å². The van der Waals surface area contributed by atoms with Crippen molar-refractivity contribution in [2.45, 2.75) is 19.3 Å². The Hall–Kier alpha value is -1.86. The predicted octanol–water partition coefficient (Wildman–Crippen LogP) is 2.10. The first-order valence-corrected chi connectivity index (χ1v) is 6.45. The van der Waals surface area contributed by atoms with E-state index in [1.807, 2.05) is 0 Å². The Morgan fingerprint density at radius 3 is 2.48 bits per heavy atom. The third kappa shape index (κ3) is 3.83. The first-order valence-electron chi connectivity index (χ1n) is 6.45. The molecule has 1 aliphatic rings. The number of benzene rings is 1. The lowest BCUT2D eigenvalue weighted by Gasteiger charge is -2.13. The molecule has 1 fully saturated rings. The van der Waals surface area contributed by atoms with Gasteiger partial charge < -0.3 is 15.1 Å². The molecule has 1 aromatic rings. The Morgan fingerprint density at radius 2 is 1.90 bits per heavy atom. The van der Waals surface area contributed by atoms with E-state index in [9.17, 15) is 25.1 Å². The maximum absolute atomic E-state index is 12.1. The lowest BCUT2D eigenvalue weighted by molar-refractivity contribution is -0.386. The topological polar surface area (TPSA) is 104 Å². The summed E-state index contributed by atoms with van der Waals surface area (Å²) in [5, 5.41) is 29.7. The monoisotopic (exact) mass is 316 g/mol. The van der Waals surface area contributed by atoms with Gasteiger partial charge in [-0.15, -0.1) is 12.4 Å². The molecule has 8 heteroatoms. The highest BCUT2D eigenvalue weighted by Gasteiger charge is 2.27. The van der Waals surface area contributed by atoms with Crippen molar-refractivity contribution < 1.29 is 19.9 Å². The van der Waals surface area contributed by atoms with Crippen molar-refractivity contribution in [1.82, 2.24) is 4.90 Å². The predicted molar refractivity (Wildman–Crippen MR) is 78.3 cm³/mol. The van der Waals surface area contributed by atoms with Gasteiger partial charge in [-0.05, 0) is 38.1 Å². The van der Waals surface area contributed by atoms with Gasteiger partial charge in [0.1, 0.15) is 0 Å². The molecule has 0 saturated carbocycles. The highest BCUT2D eigenvalue weighted by molar-refractivity contribution is 6.01. The third-order valence-electron chi connectivity index (χ3n) is 3.47. The second-order valence-corrected chi connectivity index (χ2v) is 4.81. The minimum Gasteiger partial charge on any atom is -0.504 e. The molecule has 7 nitrogen and oxygen atoms in total. The zero-order valence-electron chi connectivity index (χ0n) is 11.3. The van der Waals surface area contributed by atoms with Crippen LogP contribution in [0.3, 0.4) is 0 Å². The fourth-order valence-electron chi connectivity index (χ4n) is 2.38. The van der Waals surface area contributed by atoms with Gasteiger partial charge in [-0.3, -0.25) is 14.9 Å². The van der Waals surface area contributed by atoms with Crippen LogP contribution in [0.15, 0.2) is 12.1 Å². The molecule has 1 heterocycles. The van der Waals surface area contributed by atoms with Crippen LogP contribution >= 0.6 is 12.4 Å². The van der Waals surface area contributed by atoms with Gasteiger partial charge in [0.05, 0.1) is 10.5 Å². The molecule has 2 rings (SSSR count). The number of ketones is 1. The van der Waals surface area contributed by atoms with Gasteiger partial charge in [-0.1, -0.05) is 0 Å². The number of carbonyl (C=O) groups is 1. The summed E-state index contributed by atoms with van der Waals surface area (Å²) in [4.78, 5) is 24.3. The Bertz CT molecular complexity index is 544. The fraction of sp³-hybridized carbons (Fsp3) is 0.462. The van der Waals surface area contributed by atoms with E-state index in [-0.39, 0.29) is 24.4 Å². The SMILES string of the molecule is Cl.O=C(CCN1CCCC1)c1ccc(O)c(O)c1[N+](=O)[O-]. The molecule has 0 unspecified atom stereocenters. The number of likely N-dealkylation sites (tertiary alicyclic amines) is 1. The summed E-state index contributed by atoms with van der Waals surface area (Å²) in [6.07, 6.45) is 2.37. The van der Waals surface area contributed by atoms with Crippen LogP contribution in [-0.2, 0) is 0 Å². The molecule has 2 N–H and O–H groups in total. The number of halogens is 1. The minimum absolute atomic E-state index is 0. The van der Waals surface area contributed by atoms with Crippen LogP contribution < -0.4 is 0 Å². The van der Waals surface area contributed by atoms with E-state index in [1.54, 1.807) is 0 Å². The van der Waals surface area contributed by atoms with Crippen molar-refractivity contribution in [3.63, 3.8) is 0 Å². The maximum atomic E-state index is 12.1. The van der Waals surface area contributed by atoms with E-state index in [2.05, 4.69) is 4.90 Å². The maximum Gasteiger partial charge on any atom is 0.325 e. The molecular weight excluding hydrogens is 300 g/mol. The smallest absolute Gasteiger partial charge is 0.325 e.